The molecule has 0 saturated carbocycles. The number of hydrogen-bond donors (Lipinski definition) is 2. The first-order valence-corrected chi connectivity index (χ1v) is 13.2. The summed E-state index contributed by atoms with van der Waals surface area (Å²) in [5.74, 6) is -1.26. The highest BCUT2D eigenvalue weighted by atomic mass is 32.2. The van der Waals surface area contributed by atoms with E-state index in [1.54, 1.807) is 12.1 Å². The van der Waals surface area contributed by atoms with Crippen molar-refractivity contribution in [3.8, 4) is 0 Å². The Labute approximate surface area is 214 Å². The van der Waals surface area contributed by atoms with Crippen LogP contribution in [0.5, 0.6) is 0 Å². The first-order chi connectivity index (χ1) is 17.0. The minimum Gasteiger partial charge on any atom is -0.444 e. The first-order valence-electron chi connectivity index (χ1n) is 12.2. The van der Waals surface area contributed by atoms with E-state index in [0.717, 1.165) is 43.1 Å². The van der Waals surface area contributed by atoms with Gasteiger partial charge in [-0.05, 0) is 52.2 Å². The molecule has 1 aromatic rings. The number of thioether (sulfide) groups is 1. The normalized spacial score (nSPS) is 21.4. The van der Waals surface area contributed by atoms with Crippen LogP contribution in [-0.4, -0.2) is 82.6 Å². The molecular formula is C25H32N4O6S. The minimum absolute atomic E-state index is 0.0862. The number of ether oxygens (including phenoxy) is 1. The van der Waals surface area contributed by atoms with Gasteiger partial charge in [-0.3, -0.25) is 29.4 Å². The van der Waals surface area contributed by atoms with E-state index >= 15 is 0 Å². The molecule has 10 nitrogen and oxygen atoms in total. The van der Waals surface area contributed by atoms with Crippen molar-refractivity contribution in [1.29, 1.82) is 0 Å². The van der Waals surface area contributed by atoms with Gasteiger partial charge >= 0.3 is 6.09 Å². The predicted molar refractivity (Wildman–Crippen MR) is 133 cm³/mol. The van der Waals surface area contributed by atoms with Crippen LogP contribution in [0.1, 0.15) is 67.2 Å². The number of fused-ring (bicyclic) bond motifs is 1. The summed E-state index contributed by atoms with van der Waals surface area (Å²) < 4.78 is 5.33. The van der Waals surface area contributed by atoms with Gasteiger partial charge in [-0.2, -0.15) is 0 Å². The monoisotopic (exact) mass is 516 g/mol. The molecule has 3 aliphatic heterocycles. The van der Waals surface area contributed by atoms with Crippen molar-refractivity contribution in [3.63, 3.8) is 0 Å². The zero-order valence-corrected chi connectivity index (χ0v) is 21.6. The molecule has 1 unspecified atom stereocenters. The van der Waals surface area contributed by atoms with Gasteiger partial charge in [-0.25, -0.2) is 4.79 Å². The van der Waals surface area contributed by atoms with Gasteiger partial charge < -0.3 is 15.0 Å². The van der Waals surface area contributed by atoms with Crippen LogP contribution in [0.15, 0.2) is 23.1 Å². The van der Waals surface area contributed by atoms with Crippen LogP contribution in [0.3, 0.4) is 0 Å². The molecule has 3 heterocycles. The van der Waals surface area contributed by atoms with Crippen molar-refractivity contribution >= 4 is 41.5 Å². The zero-order chi connectivity index (χ0) is 26.0. The van der Waals surface area contributed by atoms with Crippen molar-refractivity contribution < 1.29 is 28.7 Å². The number of alkyl carbamates (subject to hydrolysis) is 1. The number of imide groups is 2. The number of rotatable bonds is 6. The van der Waals surface area contributed by atoms with Gasteiger partial charge in [0.15, 0.2) is 0 Å². The van der Waals surface area contributed by atoms with Crippen LogP contribution in [0.4, 0.5) is 4.79 Å². The average Bonchev–Trinajstić information content (AvgIpc) is 3.05. The maximum Gasteiger partial charge on any atom is 0.407 e. The Balaban J connectivity index is 1.30. The molecule has 4 rings (SSSR count). The summed E-state index contributed by atoms with van der Waals surface area (Å²) in [5, 5.41) is 5.16. The van der Waals surface area contributed by atoms with Crippen LogP contribution in [0.25, 0.3) is 0 Å². The van der Waals surface area contributed by atoms with Crippen LogP contribution in [0.2, 0.25) is 0 Å². The number of hydrogen-bond acceptors (Lipinski definition) is 8. The lowest BCUT2D eigenvalue weighted by molar-refractivity contribution is -0.136. The molecule has 2 saturated heterocycles. The van der Waals surface area contributed by atoms with Crippen molar-refractivity contribution in [2.45, 2.75) is 69.0 Å². The van der Waals surface area contributed by atoms with Gasteiger partial charge in [-0.15, -0.1) is 11.8 Å². The molecule has 0 bridgehead atoms. The SMILES string of the molecule is CC(C)(C)OC(=O)NC1CCN(CCSc2cccc3c2C(=O)N(C2CCC(=O)NC2=O)C3=O)CC1. The third-order valence-electron chi connectivity index (χ3n) is 6.40. The topological polar surface area (TPSA) is 125 Å². The molecule has 2 fully saturated rings. The number of carbonyl (C=O) groups excluding carboxylic acids is 5. The van der Waals surface area contributed by atoms with E-state index in [0.29, 0.717) is 16.0 Å². The molecule has 0 spiro atoms. The number of amides is 5. The summed E-state index contributed by atoms with van der Waals surface area (Å²) in [6.07, 6.45) is 1.50. The Hall–Kier alpha value is -2.92. The highest BCUT2D eigenvalue weighted by Gasteiger charge is 2.45. The number of likely N-dealkylation sites (tertiary alicyclic amines) is 1. The standard InChI is InChI=1S/C25H32N4O6S/c1-25(2,3)35-24(34)26-15-9-11-28(12-10-15)13-14-36-18-6-4-5-16-20(18)23(33)29(22(16)32)17-7-8-19(30)27-21(17)31/h4-6,15,17H,7-14H2,1-3H3,(H,26,34)(H,27,30,31). The highest BCUT2D eigenvalue weighted by molar-refractivity contribution is 7.99. The second-order valence-electron chi connectivity index (χ2n) is 10.2. The Bertz CT molecular complexity index is 1080. The first kappa shape index (κ1) is 26.2. The Morgan fingerprint density at radius 3 is 2.50 bits per heavy atom. The second-order valence-corrected chi connectivity index (χ2v) is 11.4. The minimum atomic E-state index is -0.969. The van der Waals surface area contributed by atoms with Crippen molar-refractivity contribution in [2.75, 3.05) is 25.4 Å². The number of carbonyl (C=O) groups is 5. The predicted octanol–water partition coefficient (Wildman–Crippen LogP) is 2.17. The van der Waals surface area contributed by atoms with E-state index in [4.69, 9.17) is 4.74 Å². The van der Waals surface area contributed by atoms with E-state index in [9.17, 15) is 24.0 Å². The van der Waals surface area contributed by atoms with Crippen LogP contribution in [0, 0.1) is 0 Å². The molecule has 0 radical (unpaired) electrons. The second kappa shape index (κ2) is 10.6. The quantitative estimate of drug-likeness (QED) is 0.435. The maximum atomic E-state index is 13.2. The zero-order valence-electron chi connectivity index (χ0n) is 20.8. The lowest BCUT2D eigenvalue weighted by atomic mass is 10.0. The van der Waals surface area contributed by atoms with Crippen LogP contribution in [-0.2, 0) is 14.3 Å². The molecular weight excluding hydrogens is 484 g/mol. The lowest BCUT2D eigenvalue weighted by Crippen LogP contribution is -2.54. The van der Waals surface area contributed by atoms with Crippen LogP contribution >= 0.6 is 11.8 Å². The molecule has 2 N–H and O–H groups in total. The third-order valence-corrected chi connectivity index (χ3v) is 7.44. The van der Waals surface area contributed by atoms with Gasteiger partial charge in [0.2, 0.25) is 11.8 Å². The average molecular weight is 517 g/mol. The third kappa shape index (κ3) is 5.89. The lowest BCUT2D eigenvalue weighted by Gasteiger charge is -2.32. The van der Waals surface area contributed by atoms with Gasteiger partial charge in [0.25, 0.3) is 11.8 Å². The molecule has 1 atom stereocenters. The molecule has 1 aromatic carbocycles. The fourth-order valence-corrected chi connectivity index (χ4v) is 5.75. The van der Waals surface area contributed by atoms with E-state index in [-0.39, 0.29) is 25.0 Å². The molecule has 0 aliphatic carbocycles. The fourth-order valence-electron chi connectivity index (χ4n) is 4.66. The number of piperidine rings is 2. The maximum absolute atomic E-state index is 13.2. The highest BCUT2D eigenvalue weighted by Crippen LogP contribution is 2.34. The number of benzene rings is 1. The van der Waals surface area contributed by atoms with E-state index < -0.39 is 35.3 Å². The Morgan fingerprint density at radius 1 is 1.11 bits per heavy atom. The van der Waals surface area contributed by atoms with Crippen LogP contribution < -0.4 is 10.6 Å². The van der Waals surface area contributed by atoms with E-state index in [1.165, 1.54) is 11.8 Å². The smallest absolute Gasteiger partial charge is 0.407 e. The summed E-state index contributed by atoms with van der Waals surface area (Å²) in [7, 11) is 0. The summed E-state index contributed by atoms with van der Waals surface area (Å²) >= 11 is 1.51. The summed E-state index contributed by atoms with van der Waals surface area (Å²) in [6.45, 7) is 8.00. The summed E-state index contributed by atoms with van der Waals surface area (Å²) in [5.41, 5.74) is 0.103. The van der Waals surface area contributed by atoms with E-state index in [2.05, 4.69) is 15.5 Å². The van der Waals surface area contributed by atoms with Gasteiger partial charge in [0.05, 0.1) is 11.1 Å². The summed E-state index contributed by atoms with van der Waals surface area (Å²) in [6, 6.07) is 4.29. The molecule has 194 valence electrons. The molecule has 5 amide bonds. The number of nitrogens with zero attached hydrogens (tertiary/aromatic N) is 2. The van der Waals surface area contributed by atoms with Gasteiger partial charge in [-0.1, -0.05) is 6.07 Å². The molecule has 3 aliphatic rings. The fraction of sp³-hybridized carbons (Fsp3) is 0.560. The van der Waals surface area contributed by atoms with Gasteiger partial charge in [0, 0.05) is 42.7 Å². The largest absolute Gasteiger partial charge is 0.444 e. The summed E-state index contributed by atoms with van der Waals surface area (Å²) in [4.78, 5) is 66.0. The molecule has 11 heteroatoms. The Kier molecular flexibility index (Phi) is 7.70. The molecule has 0 aromatic heterocycles. The van der Waals surface area contributed by atoms with Gasteiger partial charge in [0.1, 0.15) is 11.6 Å². The molecule has 36 heavy (non-hydrogen) atoms. The van der Waals surface area contributed by atoms with E-state index in [1.807, 2.05) is 26.8 Å². The Morgan fingerprint density at radius 2 is 1.83 bits per heavy atom. The van der Waals surface area contributed by atoms with Crippen molar-refractivity contribution in [1.82, 2.24) is 20.4 Å². The number of nitrogens with one attached hydrogen (secondary N) is 2. The van der Waals surface area contributed by atoms with Crippen molar-refractivity contribution in [3.05, 3.63) is 29.3 Å². The van der Waals surface area contributed by atoms with Crippen molar-refractivity contribution in [2.24, 2.45) is 0 Å².